The van der Waals surface area contributed by atoms with Crippen LogP contribution in [0.2, 0.25) is 0 Å². The van der Waals surface area contributed by atoms with E-state index in [1.54, 1.807) is 0 Å². The molecule has 2 aliphatic rings. The number of nitrogens with one attached hydrogen (secondary N) is 2. The Bertz CT molecular complexity index is 624. The molecule has 0 unspecified atom stereocenters. The molecule has 0 aromatic heterocycles. The maximum absolute atomic E-state index is 12.1. The van der Waals surface area contributed by atoms with Gasteiger partial charge in [-0.3, -0.25) is 9.59 Å². The number of amides is 2. The highest BCUT2D eigenvalue weighted by Gasteiger charge is 2.27. The van der Waals surface area contributed by atoms with Crippen LogP contribution in [0.1, 0.15) is 49.7 Å². The molecule has 1 saturated heterocycles. The molecule has 3 rings (SSSR count). The zero-order valence-corrected chi connectivity index (χ0v) is 16.0. The summed E-state index contributed by atoms with van der Waals surface area (Å²) >= 11 is 0. The summed E-state index contributed by atoms with van der Waals surface area (Å²) in [5.41, 5.74) is 2.80. The van der Waals surface area contributed by atoms with Crippen molar-refractivity contribution in [2.24, 2.45) is 5.92 Å². The molecule has 26 heavy (non-hydrogen) atoms. The van der Waals surface area contributed by atoms with Gasteiger partial charge in [-0.15, -0.1) is 0 Å². The predicted molar refractivity (Wildman–Crippen MR) is 104 cm³/mol. The number of piperidine rings is 1. The molecule has 1 aliphatic carbocycles. The fourth-order valence-corrected chi connectivity index (χ4v) is 4.34. The van der Waals surface area contributed by atoms with Crippen LogP contribution in [-0.4, -0.2) is 42.4 Å². The number of anilines is 1. The molecular weight excluding hydrogens is 326 g/mol. The number of aryl methyl sites for hydroxylation is 2. The van der Waals surface area contributed by atoms with Crippen LogP contribution in [0.15, 0.2) is 18.2 Å². The number of hydrogen-bond donors (Lipinski definition) is 2. The van der Waals surface area contributed by atoms with Crippen molar-refractivity contribution in [3.63, 3.8) is 0 Å². The van der Waals surface area contributed by atoms with Gasteiger partial charge in [-0.05, 0) is 81.8 Å². The third kappa shape index (κ3) is 5.07. The smallest absolute Gasteiger partial charge is 0.313 e. The molecule has 142 valence electrons. The van der Waals surface area contributed by atoms with E-state index in [0.29, 0.717) is 18.2 Å². The highest BCUT2D eigenvalue weighted by atomic mass is 16.2. The van der Waals surface area contributed by atoms with Gasteiger partial charge in [0.25, 0.3) is 0 Å². The summed E-state index contributed by atoms with van der Waals surface area (Å²) in [5.74, 6) is -0.647. The second-order valence-electron chi connectivity index (χ2n) is 7.96. The van der Waals surface area contributed by atoms with Gasteiger partial charge in [0.2, 0.25) is 0 Å². The number of carbonyl (C=O) groups is 2. The molecule has 0 radical (unpaired) electrons. The van der Waals surface area contributed by atoms with Gasteiger partial charge in [-0.2, -0.15) is 0 Å². The fourth-order valence-electron chi connectivity index (χ4n) is 4.34. The van der Waals surface area contributed by atoms with Crippen LogP contribution in [0, 0.1) is 19.8 Å². The lowest BCUT2D eigenvalue weighted by atomic mass is 9.95. The minimum atomic E-state index is -0.585. The molecule has 1 heterocycles. The van der Waals surface area contributed by atoms with Crippen molar-refractivity contribution in [3.05, 3.63) is 29.3 Å². The van der Waals surface area contributed by atoms with Crippen molar-refractivity contribution in [2.75, 3.05) is 25.0 Å². The van der Waals surface area contributed by atoms with Crippen LogP contribution >= 0.6 is 0 Å². The molecule has 2 amide bonds. The van der Waals surface area contributed by atoms with Crippen LogP contribution in [0.3, 0.4) is 0 Å². The Balaban J connectivity index is 1.40. The largest absolute Gasteiger partial charge is 0.348 e. The molecule has 0 spiro atoms. The summed E-state index contributed by atoms with van der Waals surface area (Å²) in [5, 5.41) is 5.51. The van der Waals surface area contributed by atoms with E-state index in [-0.39, 0.29) is 0 Å². The van der Waals surface area contributed by atoms with Crippen molar-refractivity contribution in [1.29, 1.82) is 0 Å². The van der Waals surface area contributed by atoms with E-state index < -0.39 is 11.8 Å². The molecule has 1 aromatic rings. The van der Waals surface area contributed by atoms with E-state index in [9.17, 15) is 9.59 Å². The molecule has 1 aliphatic heterocycles. The molecule has 5 nitrogen and oxygen atoms in total. The third-order valence-corrected chi connectivity index (χ3v) is 5.73. The molecular formula is C21H31N3O2. The zero-order chi connectivity index (χ0) is 18.5. The molecule has 2 N–H and O–H groups in total. The Morgan fingerprint density at radius 2 is 1.58 bits per heavy atom. The molecule has 2 fully saturated rings. The quantitative estimate of drug-likeness (QED) is 0.815. The van der Waals surface area contributed by atoms with Crippen molar-refractivity contribution in [1.82, 2.24) is 10.2 Å². The molecule has 0 bridgehead atoms. The van der Waals surface area contributed by atoms with Crippen LogP contribution in [-0.2, 0) is 9.59 Å². The Labute approximate surface area is 156 Å². The van der Waals surface area contributed by atoms with Crippen molar-refractivity contribution in [3.8, 4) is 0 Å². The van der Waals surface area contributed by atoms with Gasteiger partial charge in [0.05, 0.1) is 0 Å². The van der Waals surface area contributed by atoms with E-state index in [0.717, 1.165) is 43.1 Å². The highest BCUT2D eigenvalue weighted by Crippen LogP contribution is 2.27. The second kappa shape index (κ2) is 8.67. The Morgan fingerprint density at radius 1 is 0.962 bits per heavy atom. The van der Waals surface area contributed by atoms with Gasteiger partial charge in [-0.1, -0.05) is 18.9 Å². The Hall–Kier alpha value is -1.88. The summed E-state index contributed by atoms with van der Waals surface area (Å²) in [6.07, 6.45) is 7.65. The van der Waals surface area contributed by atoms with Crippen LogP contribution in [0.5, 0.6) is 0 Å². The van der Waals surface area contributed by atoms with Crippen LogP contribution < -0.4 is 10.6 Å². The van der Waals surface area contributed by atoms with E-state index in [1.807, 2.05) is 32.0 Å². The Kier molecular flexibility index (Phi) is 6.30. The first-order valence-electron chi connectivity index (χ1n) is 9.93. The lowest BCUT2D eigenvalue weighted by Crippen LogP contribution is -2.44. The topological polar surface area (TPSA) is 61.4 Å². The average Bonchev–Trinajstić information content (AvgIpc) is 3.13. The number of carbonyl (C=O) groups excluding carboxylic acids is 2. The zero-order valence-electron chi connectivity index (χ0n) is 16.0. The lowest BCUT2D eigenvalue weighted by Gasteiger charge is -2.36. The minimum absolute atomic E-state index is 0.477. The standard InChI is InChI=1S/C21H31N3O2/c1-15-11-16(2)13-18(12-15)23-21(26)20(25)22-14-17-7-9-24(10-8-17)19-5-3-4-6-19/h11-13,17,19H,3-10,14H2,1-2H3,(H,22,25)(H,23,26). The number of rotatable bonds is 4. The summed E-state index contributed by atoms with van der Waals surface area (Å²) in [4.78, 5) is 26.8. The maximum Gasteiger partial charge on any atom is 0.313 e. The highest BCUT2D eigenvalue weighted by molar-refractivity contribution is 6.39. The summed E-state index contributed by atoms with van der Waals surface area (Å²) < 4.78 is 0. The SMILES string of the molecule is Cc1cc(C)cc(NC(=O)C(=O)NCC2CCN(C3CCCC3)CC2)c1. The number of nitrogens with zero attached hydrogens (tertiary/aromatic N) is 1. The third-order valence-electron chi connectivity index (χ3n) is 5.73. The summed E-state index contributed by atoms with van der Waals surface area (Å²) in [6.45, 7) is 6.79. The van der Waals surface area contributed by atoms with Gasteiger partial charge >= 0.3 is 11.8 Å². The van der Waals surface area contributed by atoms with Crippen LogP contribution in [0.4, 0.5) is 5.69 Å². The molecule has 1 saturated carbocycles. The lowest BCUT2D eigenvalue weighted by molar-refractivity contribution is -0.136. The van der Waals surface area contributed by atoms with Crippen LogP contribution in [0.25, 0.3) is 0 Å². The first-order valence-corrected chi connectivity index (χ1v) is 9.93. The number of hydrogen-bond acceptors (Lipinski definition) is 3. The summed E-state index contributed by atoms with van der Waals surface area (Å²) in [7, 11) is 0. The van der Waals surface area contributed by atoms with E-state index in [1.165, 1.54) is 25.7 Å². The number of benzene rings is 1. The fraction of sp³-hybridized carbons (Fsp3) is 0.619. The molecule has 5 heteroatoms. The van der Waals surface area contributed by atoms with Gasteiger partial charge in [0.15, 0.2) is 0 Å². The van der Waals surface area contributed by atoms with Crippen molar-refractivity contribution in [2.45, 2.75) is 58.4 Å². The predicted octanol–water partition coefficient (Wildman–Crippen LogP) is 3.01. The van der Waals surface area contributed by atoms with Gasteiger partial charge in [-0.25, -0.2) is 0 Å². The van der Waals surface area contributed by atoms with Gasteiger partial charge in [0.1, 0.15) is 0 Å². The van der Waals surface area contributed by atoms with Crippen molar-refractivity contribution < 1.29 is 9.59 Å². The van der Waals surface area contributed by atoms with E-state index >= 15 is 0 Å². The van der Waals surface area contributed by atoms with Gasteiger partial charge < -0.3 is 15.5 Å². The minimum Gasteiger partial charge on any atom is -0.348 e. The maximum atomic E-state index is 12.1. The monoisotopic (exact) mass is 357 g/mol. The first-order chi connectivity index (χ1) is 12.5. The van der Waals surface area contributed by atoms with Gasteiger partial charge in [0, 0.05) is 18.3 Å². The van der Waals surface area contributed by atoms with E-state index in [4.69, 9.17) is 0 Å². The van der Waals surface area contributed by atoms with E-state index in [2.05, 4.69) is 15.5 Å². The second-order valence-corrected chi connectivity index (χ2v) is 7.96. The normalized spacial score (nSPS) is 19.5. The molecule has 0 atom stereocenters. The summed E-state index contributed by atoms with van der Waals surface area (Å²) in [6, 6.07) is 6.57. The van der Waals surface area contributed by atoms with Crippen molar-refractivity contribution >= 4 is 17.5 Å². The number of likely N-dealkylation sites (tertiary alicyclic amines) is 1. The Morgan fingerprint density at radius 3 is 2.19 bits per heavy atom. The first kappa shape index (κ1) is 18.9. The molecule has 1 aromatic carbocycles. The average molecular weight is 357 g/mol.